The molecule has 2 aliphatic carbocycles. The van der Waals surface area contributed by atoms with Crippen molar-refractivity contribution in [3.05, 3.63) is 34.2 Å². The average molecular weight is 520 g/mol. The van der Waals surface area contributed by atoms with E-state index < -0.39 is 10.0 Å². The molecule has 2 aliphatic rings. The smallest absolute Gasteiger partial charge is 0.243 e. The minimum absolute atomic E-state index is 0.00423. The van der Waals surface area contributed by atoms with Crippen molar-refractivity contribution in [1.82, 2.24) is 19.5 Å². The quantitative estimate of drug-likeness (QED) is 0.421. The van der Waals surface area contributed by atoms with Gasteiger partial charge in [0.2, 0.25) is 15.9 Å². The number of hydrogen-bond acceptors (Lipinski definition) is 6. The van der Waals surface area contributed by atoms with Gasteiger partial charge in [0.05, 0.1) is 0 Å². The van der Waals surface area contributed by atoms with E-state index in [9.17, 15) is 13.2 Å². The first-order valence-corrected chi connectivity index (χ1v) is 15.0. The Morgan fingerprint density at radius 1 is 1.29 bits per heavy atom. The monoisotopic (exact) mass is 519 g/mol. The minimum Gasteiger partial charge on any atom is -0.316 e. The molecule has 1 unspecified atom stereocenters. The lowest BCUT2D eigenvalue weighted by molar-refractivity contribution is -0.117. The maximum absolute atomic E-state index is 13.5. The Morgan fingerprint density at radius 3 is 2.71 bits per heavy atom. The van der Waals surface area contributed by atoms with E-state index in [2.05, 4.69) is 44.7 Å². The molecule has 192 valence electrons. The molecule has 0 aromatic carbocycles. The zero-order valence-corrected chi connectivity index (χ0v) is 22.8. The molecule has 0 saturated heterocycles. The van der Waals surface area contributed by atoms with Gasteiger partial charge in [-0.25, -0.2) is 13.1 Å². The number of nitrogens with one attached hydrogen (secondary N) is 2. The summed E-state index contributed by atoms with van der Waals surface area (Å²) >= 11 is 1.42. The fourth-order valence-electron chi connectivity index (χ4n) is 4.58. The maximum atomic E-state index is 13.5. The van der Waals surface area contributed by atoms with Crippen LogP contribution in [0, 0.1) is 11.8 Å². The van der Waals surface area contributed by atoms with Crippen LogP contribution in [0.15, 0.2) is 22.9 Å². The van der Waals surface area contributed by atoms with Gasteiger partial charge in [-0.05, 0) is 56.4 Å². The first-order chi connectivity index (χ1) is 16.7. The van der Waals surface area contributed by atoms with Crippen LogP contribution in [0.3, 0.4) is 0 Å². The van der Waals surface area contributed by atoms with Crippen LogP contribution in [0.25, 0.3) is 0 Å². The summed E-state index contributed by atoms with van der Waals surface area (Å²) in [6, 6.07) is 0.0767. The number of rotatable bonds is 11. The average Bonchev–Trinajstić information content (AvgIpc) is 3.47. The normalized spacial score (nSPS) is 18.7. The third-order valence-electron chi connectivity index (χ3n) is 6.69. The van der Waals surface area contributed by atoms with Crippen LogP contribution < -0.4 is 10.0 Å². The number of sulfonamides is 1. The number of amides is 1. The minimum atomic E-state index is -3.77. The zero-order valence-electron chi connectivity index (χ0n) is 21.1. The molecule has 0 radical (unpaired) electrons. The second kappa shape index (κ2) is 10.9. The third kappa shape index (κ3) is 6.03. The van der Waals surface area contributed by atoms with E-state index in [4.69, 9.17) is 0 Å². The third-order valence-corrected chi connectivity index (χ3v) is 9.57. The van der Waals surface area contributed by atoms with Gasteiger partial charge < -0.3 is 9.88 Å². The van der Waals surface area contributed by atoms with Gasteiger partial charge >= 0.3 is 0 Å². The van der Waals surface area contributed by atoms with E-state index in [-0.39, 0.29) is 28.7 Å². The van der Waals surface area contributed by atoms with Gasteiger partial charge in [0.25, 0.3) is 0 Å². The highest BCUT2D eigenvalue weighted by molar-refractivity contribution is 7.90. The maximum Gasteiger partial charge on any atom is 0.243 e. The van der Waals surface area contributed by atoms with Crippen molar-refractivity contribution in [2.75, 3.05) is 11.9 Å². The van der Waals surface area contributed by atoms with Crippen LogP contribution in [-0.4, -0.2) is 35.6 Å². The van der Waals surface area contributed by atoms with Crippen LogP contribution in [0.1, 0.15) is 82.1 Å². The van der Waals surface area contributed by atoms with Crippen LogP contribution >= 0.6 is 11.3 Å². The fourth-order valence-corrected chi connectivity index (χ4v) is 7.77. The van der Waals surface area contributed by atoms with E-state index in [1.165, 1.54) is 16.9 Å². The number of allylic oxidation sites excluding steroid dienone is 2. The number of aromatic nitrogens is 3. The van der Waals surface area contributed by atoms with E-state index in [1.807, 2.05) is 13.8 Å². The number of hydrogen-bond donors (Lipinski definition) is 2. The fraction of sp³-hybridized carbons (Fsp3) is 0.640. The van der Waals surface area contributed by atoms with Crippen molar-refractivity contribution >= 4 is 32.3 Å². The second-order valence-electron chi connectivity index (χ2n) is 10.0. The van der Waals surface area contributed by atoms with E-state index in [0.29, 0.717) is 18.0 Å². The Hall–Kier alpha value is -2.04. The first-order valence-electron chi connectivity index (χ1n) is 12.7. The highest BCUT2D eigenvalue weighted by atomic mass is 32.2. The molecule has 1 fully saturated rings. The number of thiophene rings is 1. The van der Waals surface area contributed by atoms with Gasteiger partial charge in [0.1, 0.15) is 22.0 Å². The van der Waals surface area contributed by atoms with Gasteiger partial charge in [-0.1, -0.05) is 39.3 Å². The Kier molecular flexibility index (Phi) is 8.12. The van der Waals surface area contributed by atoms with Gasteiger partial charge in [-0.15, -0.1) is 21.5 Å². The highest BCUT2D eigenvalue weighted by Crippen LogP contribution is 2.44. The number of aryl methyl sites for hydroxylation is 1. The molecule has 1 amide bonds. The van der Waals surface area contributed by atoms with Crippen molar-refractivity contribution in [2.45, 2.75) is 90.0 Å². The molecule has 35 heavy (non-hydrogen) atoms. The molecule has 0 spiro atoms. The molecule has 2 aromatic heterocycles. The van der Waals surface area contributed by atoms with Crippen LogP contribution in [-0.2, 0) is 34.1 Å². The van der Waals surface area contributed by atoms with E-state index in [1.54, 1.807) is 6.33 Å². The molecule has 2 aromatic rings. The van der Waals surface area contributed by atoms with Crippen molar-refractivity contribution in [2.24, 2.45) is 11.8 Å². The van der Waals surface area contributed by atoms with Gasteiger partial charge in [0, 0.05) is 29.8 Å². The Labute approximate surface area is 212 Å². The number of carbonyl (C=O) groups excluding carboxylic acids is 1. The number of anilines is 1. The molecule has 0 bridgehead atoms. The lowest BCUT2D eigenvalue weighted by Crippen LogP contribution is -2.30. The molecule has 2 heterocycles. The molecular weight excluding hydrogens is 482 g/mol. The number of fused-ring (bicyclic) bond motifs is 1. The summed E-state index contributed by atoms with van der Waals surface area (Å²) in [5, 5.41) is 12.0. The highest BCUT2D eigenvalue weighted by Gasteiger charge is 2.36. The summed E-state index contributed by atoms with van der Waals surface area (Å²) in [7, 11) is -3.77. The summed E-state index contributed by atoms with van der Waals surface area (Å²) in [5.41, 5.74) is 2.16. The lowest BCUT2D eigenvalue weighted by atomic mass is 9.93. The topological polar surface area (TPSA) is 106 Å². The first kappa shape index (κ1) is 26.0. The van der Waals surface area contributed by atoms with Crippen molar-refractivity contribution in [3.63, 3.8) is 0 Å². The number of nitrogens with zero attached hydrogens (tertiary/aromatic N) is 3. The zero-order chi connectivity index (χ0) is 25.2. The Bertz CT molecular complexity index is 1190. The molecule has 0 aliphatic heterocycles. The molecule has 8 nitrogen and oxygen atoms in total. The van der Waals surface area contributed by atoms with Gasteiger partial charge in [-0.2, -0.15) is 0 Å². The summed E-state index contributed by atoms with van der Waals surface area (Å²) in [6.45, 7) is 8.59. The largest absolute Gasteiger partial charge is 0.316 e. The molecule has 1 atom stereocenters. The van der Waals surface area contributed by atoms with Gasteiger partial charge in [0.15, 0.2) is 0 Å². The van der Waals surface area contributed by atoms with Crippen LogP contribution in [0.4, 0.5) is 5.00 Å². The SMILES string of the molecule is CC/C=C(\CC)Cc1nncn1C1CCc2sc(NC(=O)C3CC3)c(S(=O)(=O)NCC(C)C)c2C1. The summed E-state index contributed by atoms with van der Waals surface area (Å²) in [5.74, 6) is 1.03. The van der Waals surface area contributed by atoms with Crippen molar-refractivity contribution in [3.8, 4) is 0 Å². The second-order valence-corrected chi connectivity index (χ2v) is 12.8. The molecule has 4 rings (SSSR count). The number of carbonyl (C=O) groups is 1. The summed E-state index contributed by atoms with van der Waals surface area (Å²) in [4.78, 5) is 13.9. The molecule has 10 heteroatoms. The molecule has 1 saturated carbocycles. The standard InChI is InChI=1S/C25H37N5O3S2/c1-5-7-17(6-2)12-22-29-26-15-30(22)19-10-11-21-20(13-19)23(35(32,33)27-14-16(3)4)25(34-21)28-24(31)18-8-9-18/h7,15-16,18-19,27H,5-6,8-14H2,1-4H3,(H,28,31)/b17-7+. The van der Waals surface area contributed by atoms with Crippen LogP contribution in [0.2, 0.25) is 0 Å². The molecular formula is C25H37N5O3S2. The van der Waals surface area contributed by atoms with E-state index in [0.717, 1.165) is 61.2 Å². The lowest BCUT2D eigenvalue weighted by Gasteiger charge is -2.25. The Morgan fingerprint density at radius 2 is 2.06 bits per heavy atom. The predicted octanol–water partition coefficient (Wildman–Crippen LogP) is 4.64. The van der Waals surface area contributed by atoms with Crippen LogP contribution in [0.5, 0.6) is 0 Å². The predicted molar refractivity (Wildman–Crippen MR) is 139 cm³/mol. The Balaban J connectivity index is 1.66. The van der Waals surface area contributed by atoms with Crippen molar-refractivity contribution in [1.29, 1.82) is 0 Å². The van der Waals surface area contributed by atoms with Crippen molar-refractivity contribution < 1.29 is 13.2 Å². The molecule has 2 N–H and O–H groups in total. The van der Waals surface area contributed by atoms with Gasteiger partial charge in [-0.3, -0.25) is 4.79 Å². The summed E-state index contributed by atoms with van der Waals surface area (Å²) in [6.07, 6.45) is 10.7. The van der Waals surface area contributed by atoms with E-state index >= 15 is 0 Å². The summed E-state index contributed by atoms with van der Waals surface area (Å²) < 4.78 is 31.9.